The molecule has 2 aliphatic rings. The van der Waals surface area contributed by atoms with E-state index < -0.39 is 11.6 Å². The van der Waals surface area contributed by atoms with Crippen LogP contribution in [0.25, 0.3) is 0 Å². The summed E-state index contributed by atoms with van der Waals surface area (Å²) in [7, 11) is 2.05. The first-order chi connectivity index (χ1) is 14.6. The number of hydrogen-bond donors (Lipinski definition) is 1. The predicted octanol–water partition coefficient (Wildman–Crippen LogP) is 2.19. The number of rotatable bonds is 6. The Balaban J connectivity index is 1.51. The summed E-state index contributed by atoms with van der Waals surface area (Å²) in [6.45, 7) is 2.60. The average Bonchev–Trinajstić information content (AvgIpc) is 2.78. The van der Waals surface area contributed by atoms with Gasteiger partial charge in [0.25, 0.3) is 0 Å². The number of nitrogens with zero attached hydrogens (tertiary/aromatic N) is 2. The first kappa shape index (κ1) is 20.6. The number of carbonyl (C=O) groups is 2. The van der Waals surface area contributed by atoms with Gasteiger partial charge in [-0.3, -0.25) is 9.59 Å². The first-order valence-electron chi connectivity index (χ1n) is 10.5. The third kappa shape index (κ3) is 4.25. The van der Waals surface area contributed by atoms with Crippen LogP contribution in [-0.2, 0) is 27.5 Å². The van der Waals surface area contributed by atoms with Gasteiger partial charge in [-0.25, -0.2) is 0 Å². The maximum absolute atomic E-state index is 13.5. The zero-order valence-electron chi connectivity index (χ0n) is 17.4. The van der Waals surface area contributed by atoms with Gasteiger partial charge in [0, 0.05) is 19.6 Å². The molecule has 2 aromatic carbocycles. The molecule has 1 unspecified atom stereocenters. The van der Waals surface area contributed by atoms with Crippen molar-refractivity contribution in [2.45, 2.75) is 37.6 Å². The standard InChI is InChI=1S/C24H29N3O3/c1-26-14-12-24(13-15-26)23(29)25-21(18-30-17-20-10-6-3-7-11-20)22(28)27(24)16-19-8-4-2-5-9-19/h2-11,21H,12-18H2,1H3,(H,25,29). The van der Waals surface area contributed by atoms with Crippen molar-refractivity contribution in [1.82, 2.24) is 15.1 Å². The fourth-order valence-corrected chi connectivity index (χ4v) is 4.34. The quantitative estimate of drug-likeness (QED) is 0.798. The van der Waals surface area contributed by atoms with Gasteiger partial charge in [0.1, 0.15) is 11.6 Å². The third-order valence-electron chi connectivity index (χ3n) is 6.20. The van der Waals surface area contributed by atoms with Crippen molar-refractivity contribution in [3.8, 4) is 0 Å². The summed E-state index contributed by atoms with van der Waals surface area (Å²) in [5.74, 6) is -0.115. The number of ether oxygens (including phenoxy) is 1. The lowest BCUT2D eigenvalue weighted by Crippen LogP contribution is -2.73. The van der Waals surface area contributed by atoms with E-state index in [2.05, 4.69) is 17.3 Å². The normalized spacial score (nSPS) is 21.6. The van der Waals surface area contributed by atoms with Crippen LogP contribution in [0, 0.1) is 0 Å². The van der Waals surface area contributed by atoms with Gasteiger partial charge in [0.2, 0.25) is 11.8 Å². The number of nitrogens with one attached hydrogen (secondary N) is 1. The molecule has 0 saturated carbocycles. The summed E-state index contributed by atoms with van der Waals surface area (Å²) >= 11 is 0. The van der Waals surface area contributed by atoms with Crippen molar-refractivity contribution in [3.63, 3.8) is 0 Å². The summed E-state index contributed by atoms with van der Waals surface area (Å²) in [6, 6.07) is 19.1. The second-order valence-electron chi connectivity index (χ2n) is 8.27. The zero-order valence-corrected chi connectivity index (χ0v) is 17.4. The SMILES string of the molecule is CN1CCC2(CC1)C(=O)NC(COCc1ccccc1)C(=O)N2Cc1ccccc1. The molecule has 2 aromatic rings. The third-order valence-corrected chi connectivity index (χ3v) is 6.20. The Bertz CT molecular complexity index is 864. The Morgan fingerprint density at radius 2 is 1.57 bits per heavy atom. The van der Waals surface area contributed by atoms with Gasteiger partial charge in [-0.2, -0.15) is 0 Å². The molecule has 2 aliphatic heterocycles. The van der Waals surface area contributed by atoms with E-state index in [0.29, 0.717) is 26.0 Å². The number of carbonyl (C=O) groups excluding carboxylic acids is 2. The van der Waals surface area contributed by atoms with Gasteiger partial charge in [0.05, 0.1) is 13.2 Å². The topological polar surface area (TPSA) is 61.9 Å². The summed E-state index contributed by atoms with van der Waals surface area (Å²) in [4.78, 5) is 30.8. The summed E-state index contributed by atoms with van der Waals surface area (Å²) in [5, 5.41) is 2.97. The predicted molar refractivity (Wildman–Crippen MR) is 114 cm³/mol. The summed E-state index contributed by atoms with van der Waals surface area (Å²) < 4.78 is 5.80. The van der Waals surface area contributed by atoms with E-state index in [1.54, 1.807) is 0 Å². The van der Waals surface area contributed by atoms with E-state index >= 15 is 0 Å². The van der Waals surface area contributed by atoms with E-state index in [1.165, 1.54) is 0 Å². The molecule has 0 bridgehead atoms. The van der Waals surface area contributed by atoms with E-state index in [9.17, 15) is 9.59 Å². The van der Waals surface area contributed by atoms with Gasteiger partial charge in [-0.15, -0.1) is 0 Å². The Labute approximate surface area is 177 Å². The molecule has 0 aromatic heterocycles. The molecule has 6 nitrogen and oxygen atoms in total. The van der Waals surface area contributed by atoms with Gasteiger partial charge >= 0.3 is 0 Å². The molecular formula is C24H29N3O3. The lowest BCUT2D eigenvalue weighted by Gasteiger charge is -2.51. The van der Waals surface area contributed by atoms with E-state index in [1.807, 2.05) is 65.6 Å². The first-order valence-corrected chi connectivity index (χ1v) is 10.5. The van der Waals surface area contributed by atoms with Crippen molar-refractivity contribution in [3.05, 3.63) is 71.8 Å². The molecule has 2 heterocycles. The lowest BCUT2D eigenvalue weighted by atomic mass is 9.81. The Kier molecular flexibility index (Phi) is 6.16. The average molecular weight is 408 g/mol. The molecule has 30 heavy (non-hydrogen) atoms. The van der Waals surface area contributed by atoms with Crippen LogP contribution in [0.5, 0.6) is 0 Å². The van der Waals surface area contributed by atoms with Crippen LogP contribution in [-0.4, -0.2) is 59.9 Å². The molecule has 0 aliphatic carbocycles. The van der Waals surface area contributed by atoms with Crippen molar-refractivity contribution < 1.29 is 14.3 Å². The summed E-state index contributed by atoms with van der Waals surface area (Å²) in [5.41, 5.74) is 1.29. The number of amides is 2. The maximum Gasteiger partial charge on any atom is 0.248 e. The highest BCUT2D eigenvalue weighted by molar-refractivity contribution is 6.00. The molecule has 1 atom stereocenters. The van der Waals surface area contributed by atoms with E-state index in [-0.39, 0.29) is 18.4 Å². The molecule has 1 N–H and O–H groups in total. The fourth-order valence-electron chi connectivity index (χ4n) is 4.34. The Hall–Kier alpha value is -2.70. The van der Waals surface area contributed by atoms with Gasteiger partial charge in [-0.1, -0.05) is 60.7 Å². The monoisotopic (exact) mass is 407 g/mol. The van der Waals surface area contributed by atoms with Crippen molar-refractivity contribution in [2.24, 2.45) is 0 Å². The highest BCUT2D eigenvalue weighted by atomic mass is 16.5. The Morgan fingerprint density at radius 3 is 2.20 bits per heavy atom. The molecule has 2 saturated heterocycles. The molecular weight excluding hydrogens is 378 g/mol. The molecule has 1 spiro atoms. The number of benzene rings is 2. The second kappa shape index (κ2) is 8.98. The molecule has 158 valence electrons. The van der Waals surface area contributed by atoms with Crippen LogP contribution in [0.3, 0.4) is 0 Å². The summed E-state index contributed by atoms with van der Waals surface area (Å²) in [6.07, 6.45) is 1.29. The molecule has 2 fully saturated rings. The van der Waals surface area contributed by atoms with E-state index in [0.717, 1.165) is 24.2 Å². The van der Waals surface area contributed by atoms with Crippen LogP contribution < -0.4 is 5.32 Å². The van der Waals surface area contributed by atoms with Crippen molar-refractivity contribution in [2.75, 3.05) is 26.7 Å². The Morgan fingerprint density at radius 1 is 0.967 bits per heavy atom. The van der Waals surface area contributed by atoms with Crippen LogP contribution in [0.15, 0.2) is 60.7 Å². The van der Waals surface area contributed by atoms with Gasteiger partial charge in [-0.05, 0) is 31.0 Å². The van der Waals surface area contributed by atoms with Crippen LogP contribution >= 0.6 is 0 Å². The van der Waals surface area contributed by atoms with Crippen molar-refractivity contribution >= 4 is 11.8 Å². The van der Waals surface area contributed by atoms with Crippen LogP contribution in [0.1, 0.15) is 24.0 Å². The van der Waals surface area contributed by atoms with Crippen LogP contribution in [0.4, 0.5) is 0 Å². The molecule has 2 amide bonds. The zero-order chi connectivity index (χ0) is 21.0. The fraction of sp³-hybridized carbons (Fsp3) is 0.417. The minimum absolute atomic E-state index is 0.0561. The number of piperidine rings is 1. The van der Waals surface area contributed by atoms with E-state index in [4.69, 9.17) is 4.74 Å². The minimum atomic E-state index is -0.782. The number of hydrogen-bond acceptors (Lipinski definition) is 4. The molecule has 4 rings (SSSR count). The number of piperazine rings is 1. The van der Waals surface area contributed by atoms with Crippen molar-refractivity contribution in [1.29, 1.82) is 0 Å². The minimum Gasteiger partial charge on any atom is -0.374 e. The highest BCUT2D eigenvalue weighted by Gasteiger charge is 2.53. The number of likely N-dealkylation sites (tertiary alicyclic amines) is 1. The second-order valence-corrected chi connectivity index (χ2v) is 8.27. The molecule has 6 heteroatoms. The highest BCUT2D eigenvalue weighted by Crippen LogP contribution is 2.34. The van der Waals surface area contributed by atoms with Crippen LogP contribution in [0.2, 0.25) is 0 Å². The molecule has 0 radical (unpaired) electrons. The maximum atomic E-state index is 13.5. The van der Waals surface area contributed by atoms with Gasteiger partial charge < -0.3 is 19.9 Å². The lowest BCUT2D eigenvalue weighted by molar-refractivity contribution is -0.163. The van der Waals surface area contributed by atoms with Gasteiger partial charge in [0.15, 0.2) is 0 Å². The smallest absolute Gasteiger partial charge is 0.248 e. The largest absolute Gasteiger partial charge is 0.374 e.